The van der Waals surface area contributed by atoms with E-state index in [4.69, 9.17) is 15.6 Å². The summed E-state index contributed by atoms with van der Waals surface area (Å²) >= 11 is -1.75. The molecular formula is C11H18N4O5S2. The van der Waals surface area contributed by atoms with E-state index in [-0.39, 0.29) is 5.16 Å². The molecule has 1 unspecified atom stereocenters. The van der Waals surface area contributed by atoms with E-state index in [1.165, 1.54) is 17.5 Å². The number of imidazole rings is 1. The van der Waals surface area contributed by atoms with Crippen molar-refractivity contribution >= 4 is 39.2 Å². The van der Waals surface area contributed by atoms with E-state index in [0.29, 0.717) is 11.4 Å². The molecule has 1 atom stereocenters. The van der Waals surface area contributed by atoms with Gasteiger partial charge in [-0.1, -0.05) is 0 Å². The second-order valence-electron chi connectivity index (χ2n) is 4.87. The lowest BCUT2D eigenvalue weighted by Gasteiger charge is -2.38. The Labute approximate surface area is 131 Å². The van der Waals surface area contributed by atoms with Gasteiger partial charge in [0, 0.05) is 30.2 Å². The van der Waals surface area contributed by atoms with E-state index in [1.807, 2.05) is 12.5 Å². The summed E-state index contributed by atoms with van der Waals surface area (Å²) in [5.41, 5.74) is -0.119. The van der Waals surface area contributed by atoms with Crippen molar-refractivity contribution < 1.29 is 24.4 Å². The molecule has 0 saturated carbocycles. The van der Waals surface area contributed by atoms with Crippen LogP contribution in [0, 0.1) is 5.41 Å². The molecule has 0 bridgehead atoms. The molecule has 22 heavy (non-hydrogen) atoms. The van der Waals surface area contributed by atoms with Crippen molar-refractivity contribution in [1.29, 1.82) is 5.41 Å². The second-order valence-corrected chi connectivity index (χ2v) is 10.0. The third kappa shape index (κ3) is 4.64. The number of nitrogens with zero attached hydrogens (tertiary/aromatic N) is 2. The minimum atomic E-state index is -1.75. The number of aromatic nitrogens is 2. The van der Waals surface area contributed by atoms with Crippen molar-refractivity contribution in [3.63, 3.8) is 0 Å². The Morgan fingerprint density at radius 2 is 2.09 bits per heavy atom. The molecule has 1 amide bonds. The van der Waals surface area contributed by atoms with Crippen LogP contribution in [0.1, 0.15) is 5.69 Å². The molecule has 0 fully saturated rings. The Morgan fingerprint density at radius 3 is 2.59 bits per heavy atom. The van der Waals surface area contributed by atoms with Gasteiger partial charge in [0.1, 0.15) is 0 Å². The van der Waals surface area contributed by atoms with Crippen LogP contribution in [-0.4, -0.2) is 72.1 Å². The summed E-state index contributed by atoms with van der Waals surface area (Å²) in [5, 5.41) is 24.9. The quantitative estimate of drug-likeness (QED) is 0.419. The van der Waals surface area contributed by atoms with E-state index in [9.17, 15) is 14.1 Å². The monoisotopic (exact) mass is 350 g/mol. The van der Waals surface area contributed by atoms with Crippen molar-refractivity contribution in [2.45, 2.75) is 10.9 Å². The summed E-state index contributed by atoms with van der Waals surface area (Å²) in [6.45, 7) is 0. The predicted molar refractivity (Wildman–Crippen MR) is 84.2 cm³/mol. The topological polar surface area (TPSA) is 153 Å². The number of rotatable bonds is 7. The Morgan fingerprint density at radius 1 is 1.50 bits per heavy atom. The fourth-order valence-corrected chi connectivity index (χ4v) is 3.88. The largest absolute Gasteiger partial charge is 0.609 e. The molecule has 9 nitrogen and oxygen atoms in total. The van der Waals surface area contributed by atoms with Crippen LogP contribution in [0.5, 0.6) is 0 Å². The predicted octanol–water partition coefficient (Wildman–Crippen LogP) is 0.711. The average molecular weight is 350 g/mol. The first-order valence-electron chi connectivity index (χ1n) is 5.96. The molecule has 4 N–H and O–H groups in total. The number of amides is 1. The second kappa shape index (κ2) is 7.03. The summed E-state index contributed by atoms with van der Waals surface area (Å²) in [7, 11) is -0.162. The molecule has 1 rings (SSSR count). The van der Waals surface area contributed by atoms with Gasteiger partial charge in [-0.25, -0.2) is 9.59 Å². The molecule has 0 spiro atoms. The van der Waals surface area contributed by atoms with Crippen LogP contribution >= 0.6 is 10.2 Å². The minimum Gasteiger partial charge on any atom is -0.609 e. The van der Waals surface area contributed by atoms with Crippen LogP contribution in [0.3, 0.4) is 0 Å². The Kier molecular flexibility index (Phi) is 5.85. The maximum atomic E-state index is 11.9. The highest BCUT2D eigenvalue weighted by atomic mass is 32.3. The van der Waals surface area contributed by atoms with Gasteiger partial charge in [-0.05, 0) is 12.5 Å². The van der Waals surface area contributed by atoms with Gasteiger partial charge in [0.2, 0.25) is 0 Å². The number of aromatic amines is 1. The molecule has 124 valence electrons. The van der Waals surface area contributed by atoms with Gasteiger partial charge in [0.15, 0.2) is 11.5 Å². The molecule has 0 aliphatic rings. The maximum Gasteiger partial charge on any atom is 0.415 e. The maximum absolute atomic E-state index is 11.9. The lowest BCUT2D eigenvalue weighted by atomic mass is 10.4. The number of carbonyl (C=O) groups is 2. The fourth-order valence-electron chi connectivity index (χ4n) is 1.46. The molecule has 0 aromatic carbocycles. The van der Waals surface area contributed by atoms with Gasteiger partial charge in [0.25, 0.3) is 0 Å². The zero-order chi connectivity index (χ0) is 17.1. The zero-order valence-corrected chi connectivity index (χ0v) is 14.0. The summed E-state index contributed by atoms with van der Waals surface area (Å²) in [6, 6.07) is 0. The molecule has 11 heteroatoms. The number of H-pyrrole nitrogens is 1. The highest BCUT2D eigenvalue weighted by molar-refractivity contribution is 8.30. The van der Waals surface area contributed by atoms with Gasteiger partial charge in [0.05, 0.1) is 5.69 Å². The molecule has 1 aromatic heterocycles. The zero-order valence-electron chi connectivity index (χ0n) is 12.3. The lowest BCUT2D eigenvalue weighted by Crippen LogP contribution is -2.28. The smallest absolute Gasteiger partial charge is 0.415 e. The summed E-state index contributed by atoms with van der Waals surface area (Å²) in [4.78, 5) is 28.4. The summed E-state index contributed by atoms with van der Waals surface area (Å²) in [5.74, 6) is -1.48. The van der Waals surface area contributed by atoms with Crippen LogP contribution in [0.15, 0.2) is 11.4 Å². The Hall–Kier alpha value is -1.72. The van der Waals surface area contributed by atoms with Crippen LogP contribution in [0.2, 0.25) is 0 Å². The van der Waals surface area contributed by atoms with Gasteiger partial charge in [-0.3, -0.25) is 9.71 Å². The first-order chi connectivity index (χ1) is 10.0. The minimum absolute atomic E-state index is 0.0779. The Balaban J connectivity index is 2.78. The highest BCUT2D eigenvalue weighted by Crippen LogP contribution is 2.46. The van der Waals surface area contributed by atoms with Crippen molar-refractivity contribution in [2.75, 3.05) is 25.3 Å². The first-order valence-corrected chi connectivity index (χ1v) is 9.85. The molecule has 0 aliphatic heterocycles. The van der Waals surface area contributed by atoms with Crippen molar-refractivity contribution in [1.82, 2.24) is 14.3 Å². The van der Waals surface area contributed by atoms with Gasteiger partial charge >= 0.3 is 17.2 Å². The van der Waals surface area contributed by atoms with E-state index in [1.54, 1.807) is 0 Å². The van der Waals surface area contributed by atoms with Crippen molar-refractivity contribution in [2.24, 2.45) is 0 Å². The summed E-state index contributed by atoms with van der Waals surface area (Å²) < 4.78 is 13.1. The van der Waals surface area contributed by atoms with Gasteiger partial charge in [-0.15, -0.1) is 0 Å². The SMILES string of the molecule is CN(C(=O)O)S(C)(C)Cc1c[nH]c([S+]([O-])CC(=N)C(=O)O)n1. The lowest BCUT2D eigenvalue weighted by molar-refractivity contribution is -0.129. The molecular weight excluding hydrogens is 332 g/mol. The van der Waals surface area contributed by atoms with Crippen LogP contribution in [0.4, 0.5) is 4.79 Å². The highest BCUT2D eigenvalue weighted by Gasteiger charge is 2.26. The number of hydrogen-bond acceptors (Lipinski definition) is 5. The molecule has 0 saturated heterocycles. The first kappa shape index (κ1) is 18.3. The van der Waals surface area contributed by atoms with Crippen molar-refractivity contribution in [3.05, 3.63) is 11.9 Å². The third-order valence-corrected chi connectivity index (χ3v) is 6.70. The summed E-state index contributed by atoms with van der Waals surface area (Å²) in [6.07, 6.45) is 4.11. The fraction of sp³-hybridized carbons (Fsp3) is 0.455. The molecule has 0 aliphatic carbocycles. The third-order valence-electron chi connectivity index (χ3n) is 2.87. The number of nitrogens with one attached hydrogen (secondary N) is 2. The standard InChI is InChI=1S/C11H18N4O5S2/c1-15(11(18)19)22(2,3)6-7-4-13-10(14-7)21(20)5-8(12)9(16)17/h4,12H,5-6H2,1-3H3,(H,13,14)(H,16,17)(H,18,19). The molecule has 0 radical (unpaired) electrons. The van der Waals surface area contributed by atoms with Crippen molar-refractivity contribution in [3.8, 4) is 0 Å². The van der Waals surface area contributed by atoms with E-state index in [0.717, 1.165) is 0 Å². The van der Waals surface area contributed by atoms with E-state index < -0.39 is 44.9 Å². The van der Waals surface area contributed by atoms with E-state index in [2.05, 4.69) is 9.97 Å². The number of carboxylic acid groups (broad SMARTS) is 2. The number of hydrogen-bond donors (Lipinski definition) is 4. The van der Waals surface area contributed by atoms with Crippen LogP contribution in [0.25, 0.3) is 0 Å². The van der Waals surface area contributed by atoms with E-state index >= 15 is 0 Å². The van der Waals surface area contributed by atoms with Crippen LogP contribution in [-0.2, 0) is 21.7 Å². The normalized spacial score (nSPS) is 13.5. The average Bonchev–Trinajstić information content (AvgIpc) is 2.85. The van der Waals surface area contributed by atoms with Gasteiger partial charge < -0.3 is 19.7 Å². The van der Waals surface area contributed by atoms with Gasteiger partial charge in [-0.2, -0.15) is 15.2 Å². The van der Waals surface area contributed by atoms with Crippen LogP contribution < -0.4 is 0 Å². The molecule has 1 heterocycles. The Bertz CT molecular complexity index is 589. The molecule has 1 aromatic rings. The number of aliphatic carboxylic acids is 1. The number of carboxylic acids is 1.